The van der Waals surface area contributed by atoms with E-state index in [9.17, 15) is 13.2 Å². The fraction of sp³-hybridized carbons (Fsp3) is 0.118. The Kier molecular flexibility index (Phi) is 3.58. The molecular formula is C17H15NO3S. The number of nitrogens with zero attached hydrogens (tertiary/aromatic N) is 1. The number of aromatic nitrogens is 1. The molecule has 0 aliphatic carbocycles. The molecule has 3 rings (SSSR count). The molecule has 22 heavy (non-hydrogen) atoms. The smallest absolute Gasteiger partial charge is 0.268 e. The molecule has 0 N–H and O–H groups in total. The number of hydrogen-bond donors (Lipinski definition) is 0. The quantitative estimate of drug-likeness (QED) is 0.746. The fourth-order valence-electron chi connectivity index (χ4n) is 2.59. The molecule has 0 saturated heterocycles. The Morgan fingerprint density at radius 2 is 1.59 bits per heavy atom. The van der Waals surface area contributed by atoms with Gasteiger partial charge in [-0.15, -0.1) is 0 Å². The molecule has 0 aliphatic rings. The van der Waals surface area contributed by atoms with Crippen LogP contribution in [0.15, 0.2) is 65.5 Å². The fourth-order valence-corrected chi connectivity index (χ4v) is 3.53. The zero-order chi connectivity index (χ0) is 15.7. The van der Waals surface area contributed by atoms with Gasteiger partial charge >= 0.3 is 0 Å². The molecule has 0 fully saturated rings. The van der Waals surface area contributed by atoms with E-state index in [1.54, 1.807) is 18.2 Å². The molecule has 1 aromatic heterocycles. The Labute approximate surface area is 128 Å². The minimum atomic E-state index is -3.67. The number of fused-ring (bicyclic) bond motifs is 1. The maximum Gasteiger partial charge on any atom is 0.272 e. The van der Waals surface area contributed by atoms with E-state index in [1.165, 1.54) is 0 Å². The Bertz CT molecular complexity index is 989. The van der Waals surface area contributed by atoms with E-state index in [0.29, 0.717) is 17.5 Å². The standard InChI is InChI=1S/C17H15NO3S/c1-22(20,21)18-15(11-13-7-3-2-4-8-13)12-14-9-5-6-10-16(14)17(18)19/h2-10,12H,11H2,1H3. The van der Waals surface area contributed by atoms with Gasteiger partial charge in [-0.05, 0) is 23.1 Å². The first kappa shape index (κ1) is 14.5. The third-order valence-electron chi connectivity index (χ3n) is 3.52. The summed E-state index contributed by atoms with van der Waals surface area (Å²) in [5, 5.41) is 1.16. The SMILES string of the molecule is CS(=O)(=O)n1c(Cc2ccccc2)cc2ccccc2c1=O. The van der Waals surface area contributed by atoms with Crippen LogP contribution in [0.5, 0.6) is 0 Å². The van der Waals surface area contributed by atoms with Crippen LogP contribution in [0, 0.1) is 0 Å². The molecule has 0 aliphatic heterocycles. The highest BCUT2D eigenvalue weighted by Gasteiger charge is 2.16. The normalized spacial score (nSPS) is 11.7. The van der Waals surface area contributed by atoms with Crippen LogP contribution in [0.1, 0.15) is 11.3 Å². The van der Waals surface area contributed by atoms with Gasteiger partial charge in [-0.2, -0.15) is 0 Å². The second-order valence-corrected chi connectivity index (χ2v) is 7.05. The topological polar surface area (TPSA) is 56.1 Å². The third kappa shape index (κ3) is 2.67. The maximum atomic E-state index is 12.6. The second-order valence-electron chi connectivity index (χ2n) is 5.22. The van der Waals surface area contributed by atoms with Crippen molar-refractivity contribution >= 4 is 20.8 Å². The summed E-state index contributed by atoms with van der Waals surface area (Å²) in [5.41, 5.74) is 0.929. The van der Waals surface area contributed by atoms with Gasteiger partial charge in [0.1, 0.15) is 0 Å². The van der Waals surface area contributed by atoms with Crippen molar-refractivity contribution in [3.05, 3.63) is 82.3 Å². The first-order valence-corrected chi connectivity index (χ1v) is 8.70. The van der Waals surface area contributed by atoms with E-state index >= 15 is 0 Å². The van der Waals surface area contributed by atoms with Crippen molar-refractivity contribution in [3.8, 4) is 0 Å². The van der Waals surface area contributed by atoms with Crippen molar-refractivity contribution in [1.29, 1.82) is 0 Å². The summed E-state index contributed by atoms with van der Waals surface area (Å²) in [7, 11) is -3.67. The Balaban J connectivity index is 2.30. The van der Waals surface area contributed by atoms with Gasteiger partial charge in [-0.1, -0.05) is 48.5 Å². The lowest BCUT2D eigenvalue weighted by Crippen LogP contribution is -2.29. The van der Waals surface area contributed by atoms with Gasteiger partial charge in [0.05, 0.1) is 6.26 Å². The van der Waals surface area contributed by atoms with E-state index in [4.69, 9.17) is 0 Å². The van der Waals surface area contributed by atoms with Crippen LogP contribution >= 0.6 is 0 Å². The molecule has 112 valence electrons. The third-order valence-corrected chi connectivity index (χ3v) is 4.58. The van der Waals surface area contributed by atoms with Gasteiger partial charge in [0.2, 0.25) is 10.0 Å². The molecule has 5 heteroatoms. The molecule has 0 bridgehead atoms. The molecular weight excluding hydrogens is 298 g/mol. The summed E-state index contributed by atoms with van der Waals surface area (Å²) in [4.78, 5) is 12.6. The molecule has 0 radical (unpaired) electrons. The van der Waals surface area contributed by atoms with Gasteiger partial charge in [0, 0.05) is 17.5 Å². The number of rotatable bonds is 3. The molecule has 2 aromatic carbocycles. The summed E-state index contributed by atoms with van der Waals surface area (Å²) >= 11 is 0. The molecule has 1 heterocycles. The predicted molar refractivity (Wildman–Crippen MR) is 87.7 cm³/mol. The van der Waals surface area contributed by atoms with Crippen LogP contribution in [0.2, 0.25) is 0 Å². The lowest BCUT2D eigenvalue weighted by Gasteiger charge is -2.12. The summed E-state index contributed by atoms with van der Waals surface area (Å²) in [6.07, 6.45) is 1.44. The zero-order valence-corrected chi connectivity index (χ0v) is 12.9. The monoisotopic (exact) mass is 313 g/mol. The first-order chi connectivity index (χ1) is 10.5. The van der Waals surface area contributed by atoms with E-state index in [2.05, 4.69) is 0 Å². The first-order valence-electron chi connectivity index (χ1n) is 6.85. The van der Waals surface area contributed by atoms with E-state index in [1.807, 2.05) is 42.5 Å². The Morgan fingerprint density at radius 3 is 2.27 bits per heavy atom. The molecule has 3 aromatic rings. The van der Waals surface area contributed by atoms with Gasteiger partial charge in [-0.3, -0.25) is 4.79 Å². The van der Waals surface area contributed by atoms with Crippen LogP contribution in [0.25, 0.3) is 10.8 Å². The Hall–Kier alpha value is -2.40. The summed E-state index contributed by atoms with van der Waals surface area (Å²) in [5.74, 6) is 0. The van der Waals surface area contributed by atoms with E-state index in [-0.39, 0.29) is 0 Å². The maximum absolute atomic E-state index is 12.6. The number of hydrogen-bond acceptors (Lipinski definition) is 3. The molecule has 0 atom stereocenters. The van der Waals surface area contributed by atoms with Crippen LogP contribution in [-0.4, -0.2) is 18.6 Å². The largest absolute Gasteiger partial charge is 0.272 e. The highest BCUT2D eigenvalue weighted by Crippen LogP contribution is 2.16. The lowest BCUT2D eigenvalue weighted by atomic mass is 10.1. The highest BCUT2D eigenvalue weighted by atomic mass is 32.2. The highest BCUT2D eigenvalue weighted by molar-refractivity contribution is 7.89. The van der Waals surface area contributed by atoms with Crippen LogP contribution in [-0.2, 0) is 16.4 Å². The molecule has 0 spiro atoms. The van der Waals surface area contributed by atoms with Crippen LogP contribution < -0.4 is 5.56 Å². The number of pyridine rings is 1. The van der Waals surface area contributed by atoms with Crippen molar-refractivity contribution in [2.45, 2.75) is 6.42 Å². The molecule has 4 nitrogen and oxygen atoms in total. The molecule has 0 amide bonds. The van der Waals surface area contributed by atoms with Crippen molar-refractivity contribution < 1.29 is 8.42 Å². The van der Waals surface area contributed by atoms with Gasteiger partial charge in [-0.25, -0.2) is 12.4 Å². The van der Waals surface area contributed by atoms with E-state index < -0.39 is 15.6 Å². The average Bonchev–Trinajstić information content (AvgIpc) is 2.47. The van der Waals surface area contributed by atoms with Gasteiger partial charge in [0.25, 0.3) is 5.56 Å². The van der Waals surface area contributed by atoms with Gasteiger partial charge < -0.3 is 0 Å². The zero-order valence-electron chi connectivity index (χ0n) is 12.1. The number of benzene rings is 2. The van der Waals surface area contributed by atoms with Crippen LogP contribution in [0.3, 0.4) is 0 Å². The van der Waals surface area contributed by atoms with Crippen molar-refractivity contribution in [1.82, 2.24) is 3.97 Å². The second kappa shape index (κ2) is 5.42. The minimum absolute atomic E-state index is 0.383. The summed E-state index contributed by atoms with van der Waals surface area (Å²) in [6.45, 7) is 0. The van der Waals surface area contributed by atoms with Crippen molar-refractivity contribution in [3.63, 3.8) is 0 Å². The van der Waals surface area contributed by atoms with Crippen molar-refractivity contribution in [2.24, 2.45) is 0 Å². The molecule has 0 saturated carbocycles. The van der Waals surface area contributed by atoms with E-state index in [0.717, 1.165) is 21.2 Å². The predicted octanol–water partition coefficient (Wildman–Crippen LogP) is 2.40. The minimum Gasteiger partial charge on any atom is -0.268 e. The Morgan fingerprint density at radius 1 is 0.955 bits per heavy atom. The average molecular weight is 313 g/mol. The summed E-state index contributed by atoms with van der Waals surface area (Å²) < 4.78 is 25.0. The van der Waals surface area contributed by atoms with Gasteiger partial charge in [0.15, 0.2) is 0 Å². The summed E-state index contributed by atoms with van der Waals surface area (Å²) in [6, 6.07) is 18.3. The van der Waals surface area contributed by atoms with Crippen molar-refractivity contribution in [2.75, 3.05) is 6.26 Å². The molecule has 0 unspecified atom stereocenters. The lowest BCUT2D eigenvalue weighted by molar-refractivity contribution is 0.589. The van der Waals surface area contributed by atoms with Crippen LogP contribution in [0.4, 0.5) is 0 Å².